The summed E-state index contributed by atoms with van der Waals surface area (Å²) in [5, 5.41) is 3.34. The number of benzene rings is 1. The standard InChI is InChI=1S/C14H17N3O2/c1-18-12-4-3-10(7-13(12)19-2)14-16-9-11-8-15-5-6-17(11)14/h3-4,7,9,15H,5-6,8H2,1-2H3. The van der Waals surface area contributed by atoms with E-state index in [-0.39, 0.29) is 0 Å². The van der Waals surface area contributed by atoms with Crippen molar-refractivity contribution in [1.82, 2.24) is 14.9 Å². The number of nitrogens with one attached hydrogen (secondary N) is 1. The van der Waals surface area contributed by atoms with Gasteiger partial charge in [-0.1, -0.05) is 0 Å². The van der Waals surface area contributed by atoms with Gasteiger partial charge in [0.25, 0.3) is 0 Å². The summed E-state index contributed by atoms with van der Waals surface area (Å²) < 4.78 is 12.9. The number of fused-ring (bicyclic) bond motifs is 1. The first-order valence-corrected chi connectivity index (χ1v) is 6.31. The van der Waals surface area contributed by atoms with Crippen molar-refractivity contribution in [2.45, 2.75) is 13.1 Å². The molecule has 1 aromatic carbocycles. The minimum Gasteiger partial charge on any atom is -0.493 e. The van der Waals surface area contributed by atoms with Crippen molar-refractivity contribution in [3.63, 3.8) is 0 Å². The number of methoxy groups -OCH3 is 2. The minimum atomic E-state index is 0.728. The Bertz CT molecular complexity index is 592. The van der Waals surface area contributed by atoms with Crippen molar-refractivity contribution >= 4 is 0 Å². The first-order chi connectivity index (χ1) is 9.33. The molecule has 5 nitrogen and oxygen atoms in total. The topological polar surface area (TPSA) is 48.3 Å². The summed E-state index contributed by atoms with van der Waals surface area (Å²) in [6, 6.07) is 5.90. The van der Waals surface area contributed by atoms with Gasteiger partial charge in [0.1, 0.15) is 5.82 Å². The molecule has 1 aliphatic rings. The summed E-state index contributed by atoms with van der Waals surface area (Å²) in [7, 11) is 3.28. The Morgan fingerprint density at radius 2 is 2.05 bits per heavy atom. The lowest BCUT2D eigenvalue weighted by Gasteiger charge is -2.18. The van der Waals surface area contributed by atoms with Crippen molar-refractivity contribution < 1.29 is 9.47 Å². The van der Waals surface area contributed by atoms with Crippen LogP contribution in [0.2, 0.25) is 0 Å². The predicted octanol–water partition coefficient (Wildman–Crippen LogP) is 1.67. The zero-order valence-electron chi connectivity index (χ0n) is 11.1. The Labute approximate surface area is 112 Å². The van der Waals surface area contributed by atoms with Crippen LogP contribution in [-0.2, 0) is 13.1 Å². The second kappa shape index (κ2) is 4.93. The average molecular weight is 259 g/mol. The van der Waals surface area contributed by atoms with Crippen LogP contribution in [0.15, 0.2) is 24.4 Å². The lowest BCUT2D eigenvalue weighted by atomic mass is 10.2. The molecule has 0 unspecified atom stereocenters. The van der Waals surface area contributed by atoms with Crippen LogP contribution in [0.1, 0.15) is 5.69 Å². The molecule has 0 saturated carbocycles. The van der Waals surface area contributed by atoms with Gasteiger partial charge in [-0.2, -0.15) is 0 Å². The fourth-order valence-corrected chi connectivity index (χ4v) is 2.41. The minimum absolute atomic E-state index is 0.728. The Balaban J connectivity index is 2.04. The van der Waals surface area contributed by atoms with E-state index in [2.05, 4.69) is 14.9 Å². The molecule has 0 aliphatic carbocycles. The van der Waals surface area contributed by atoms with Gasteiger partial charge in [-0.05, 0) is 18.2 Å². The molecule has 1 aromatic heterocycles. The summed E-state index contributed by atoms with van der Waals surface area (Å²) in [6.07, 6.45) is 1.93. The highest BCUT2D eigenvalue weighted by Gasteiger charge is 2.16. The van der Waals surface area contributed by atoms with E-state index in [1.165, 1.54) is 5.69 Å². The maximum absolute atomic E-state index is 5.34. The number of hydrogen-bond acceptors (Lipinski definition) is 4. The van der Waals surface area contributed by atoms with Gasteiger partial charge >= 0.3 is 0 Å². The summed E-state index contributed by atoms with van der Waals surface area (Å²) in [5.41, 5.74) is 2.27. The first kappa shape index (κ1) is 12.0. The van der Waals surface area contributed by atoms with Crippen LogP contribution in [-0.4, -0.2) is 30.3 Å². The molecular formula is C14H17N3O2. The number of nitrogens with zero attached hydrogens (tertiary/aromatic N) is 2. The van der Waals surface area contributed by atoms with Gasteiger partial charge in [-0.3, -0.25) is 0 Å². The molecule has 0 bridgehead atoms. The molecule has 0 saturated heterocycles. The molecule has 2 heterocycles. The molecule has 100 valence electrons. The number of hydrogen-bond donors (Lipinski definition) is 1. The van der Waals surface area contributed by atoms with Crippen molar-refractivity contribution in [2.24, 2.45) is 0 Å². The zero-order chi connectivity index (χ0) is 13.2. The molecule has 2 aromatic rings. The molecule has 0 fully saturated rings. The SMILES string of the molecule is COc1ccc(-c2ncc3n2CCNC3)cc1OC. The van der Waals surface area contributed by atoms with Crippen LogP contribution >= 0.6 is 0 Å². The second-order valence-electron chi connectivity index (χ2n) is 4.47. The van der Waals surface area contributed by atoms with E-state index in [9.17, 15) is 0 Å². The third-order valence-electron chi connectivity index (χ3n) is 3.40. The largest absolute Gasteiger partial charge is 0.493 e. The van der Waals surface area contributed by atoms with Gasteiger partial charge in [-0.15, -0.1) is 0 Å². The normalized spacial score (nSPS) is 14.0. The number of rotatable bonds is 3. The third-order valence-corrected chi connectivity index (χ3v) is 3.40. The number of ether oxygens (including phenoxy) is 2. The number of aromatic nitrogens is 2. The predicted molar refractivity (Wildman–Crippen MR) is 72.5 cm³/mol. The molecule has 3 rings (SSSR count). The highest BCUT2D eigenvalue weighted by atomic mass is 16.5. The molecule has 5 heteroatoms. The maximum atomic E-state index is 5.34. The highest BCUT2D eigenvalue weighted by Crippen LogP contribution is 2.32. The van der Waals surface area contributed by atoms with Crippen molar-refractivity contribution in [3.05, 3.63) is 30.1 Å². The first-order valence-electron chi connectivity index (χ1n) is 6.31. The van der Waals surface area contributed by atoms with E-state index in [1.807, 2.05) is 24.4 Å². The fraction of sp³-hybridized carbons (Fsp3) is 0.357. The summed E-state index contributed by atoms with van der Waals surface area (Å²) >= 11 is 0. The van der Waals surface area contributed by atoms with Crippen LogP contribution in [0.4, 0.5) is 0 Å². The zero-order valence-corrected chi connectivity index (χ0v) is 11.1. The molecule has 0 amide bonds. The van der Waals surface area contributed by atoms with E-state index >= 15 is 0 Å². The third kappa shape index (κ3) is 2.06. The Morgan fingerprint density at radius 3 is 2.84 bits per heavy atom. The summed E-state index contributed by atoms with van der Waals surface area (Å²) in [5.74, 6) is 2.45. The van der Waals surface area contributed by atoms with Crippen LogP contribution in [0, 0.1) is 0 Å². The number of imidazole rings is 1. The average Bonchev–Trinajstić information content (AvgIpc) is 2.90. The van der Waals surface area contributed by atoms with Crippen molar-refractivity contribution in [3.8, 4) is 22.9 Å². The van der Waals surface area contributed by atoms with E-state index in [1.54, 1.807) is 14.2 Å². The molecule has 1 aliphatic heterocycles. The van der Waals surface area contributed by atoms with Gasteiger partial charge in [-0.25, -0.2) is 4.98 Å². The Morgan fingerprint density at radius 1 is 1.21 bits per heavy atom. The molecule has 19 heavy (non-hydrogen) atoms. The summed E-state index contributed by atoms with van der Waals surface area (Å²) in [4.78, 5) is 4.53. The van der Waals surface area contributed by atoms with Crippen molar-refractivity contribution in [1.29, 1.82) is 0 Å². The lowest BCUT2D eigenvalue weighted by Crippen LogP contribution is -2.27. The van der Waals surface area contributed by atoms with Gasteiger partial charge in [0.15, 0.2) is 11.5 Å². The summed E-state index contributed by atoms with van der Waals surface area (Å²) in [6.45, 7) is 2.79. The lowest BCUT2D eigenvalue weighted by molar-refractivity contribution is 0.355. The monoisotopic (exact) mass is 259 g/mol. The van der Waals surface area contributed by atoms with Crippen molar-refractivity contribution in [2.75, 3.05) is 20.8 Å². The van der Waals surface area contributed by atoms with E-state index < -0.39 is 0 Å². The van der Waals surface area contributed by atoms with E-state index in [0.29, 0.717) is 0 Å². The van der Waals surface area contributed by atoms with Gasteiger partial charge in [0, 0.05) is 25.2 Å². The molecule has 0 atom stereocenters. The van der Waals surface area contributed by atoms with Crippen LogP contribution in [0.3, 0.4) is 0 Å². The Hall–Kier alpha value is -2.01. The second-order valence-corrected chi connectivity index (χ2v) is 4.47. The van der Waals surface area contributed by atoms with Gasteiger partial charge in [0.05, 0.1) is 26.1 Å². The molecule has 1 N–H and O–H groups in total. The van der Waals surface area contributed by atoms with Crippen LogP contribution in [0.25, 0.3) is 11.4 Å². The smallest absolute Gasteiger partial charge is 0.161 e. The Kier molecular flexibility index (Phi) is 3.13. The molecule has 0 spiro atoms. The van der Waals surface area contributed by atoms with Gasteiger partial charge in [0.2, 0.25) is 0 Å². The van der Waals surface area contributed by atoms with Gasteiger partial charge < -0.3 is 19.4 Å². The van der Waals surface area contributed by atoms with E-state index in [4.69, 9.17) is 9.47 Å². The molecular weight excluding hydrogens is 242 g/mol. The highest BCUT2D eigenvalue weighted by molar-refractivity contribution is 5.62. The fourth-order valence-electron chi connectivity index (χ4n) is 2.41. The van der Waals surface area contributed by atoms with Crippen LogP contribution in [0.5, 0.6) is 11.5 Å². The quantitative estimate of drug-likeness (QED) is 0.911. The maximum Gasteiger partial charge on any atom is 0.161 e. The van der Waals surface area contributed by atoms with Crippen LogP contribution < -0.4 is 14.8 Å². The molecule has 0 radical (unpaired) electrons. The van der Waals surface area contributed by atoms with E-state index in [0.717, 1.165) is 42.5 Å².